The maximum atomic E-state index is 10.8. The van der Waals surface area contributed by atoms with E-state index in [0.29, 0.717) is 5.92 Å². The highest BCUT2D eigenvalue weighted by Gasteiger charge is 2.28. The van der Waals surface area contributed by atoms with Crippen LogP contribution in [0.1, 0.15) is 49.5 Å². The van der Waals surface area contributed by atoms with Crippen molar-refractivity contribution >= 4 is 5.97 Å². The molecule has 3 unspecified atom stereocenters. The molecular weight excluding hydrogens is 230 g/mol. The Labute approximate surface area is 108 Å². The van der Waals surface area contributed by atoms with Crippen LogP contribution in [0.2, 0.25) is 0 Å². The van der Waals surface area contributed by atoms with Crippen LogP contribution in [0.5, 0.6) is 0 Å². The van der Waals surface area contributed by atoms with Crippen LogP contribution >= 0.6 is 0 Å². The Morgan fingerprint density at radius 2 is 2.17 bits per heavy atom. The number of carbonyl (C=O) groups is 1. The highest BCUT2D eigenvalue weighted by atomic mass is 16.4. The molecule has 100 valence electrons. The van der Waals surface area contributed by atoms with E-state index in [2.05, 4.69) is 25.7 Å². The fourth-order valence-corrected chi connectivity index (χ4v) is 2.52. The second kappa shape index (κ2) is 5.14. The van der Waals surface area contributed by atoms with Crippen molar-refractivity contribution in [3.8, 4) is 0 Å². The van der Waals surface area contributed by atoms with Gasteiger partial charge in [-0.15, -0.1) is 0 Å². The topological polar surface area (TPSA) is 53.7 Å². The summed E-state index contributed by atoms with van der Waals surface area (Å²) >= 11 is 0. The molecule has 1 saturated heterocycles. The number of carboxylic acid groups (broad SMARTS) is 1. The maximum absolute atomic E-state index is 10.8. The van der Waals surface area contributed by atoms with E-state index in [1.807, 2.05) is 0 Å². The molecule has 0 bridgehead atoms. The van der Waals surface area contributed by atoms with Gasteiger partial charge in [0.2, 0.25) is 5.76 Å². The van der Waals surface area contributed by atoms with Crippen molar-refractivity contribution in [2.75, 3.05) is 13.1 Å². The second-order valence-corrected chi connectivity index (χ2v) is 5.42. The molecule has 0 aliphatic carbocycles. The number of carboxylic acids is 1. The number of furan rings is 1. The Kier molecular flexibility index (Phi) is 3.76. The van der Waals surface area contributed by atoms with Gasteiger partial charge in [0.1, 0.15) is 5.76 Å². The molecule has 0 spiro atoms. The largest absolute Gasteiger partial charge is 0.475 e. The van der Waals surface area contributed by atoms with Gasteiger partial charge in [-0.2, -0.15) is 0 Å². The first-order chi connectivity index (χ1) is 8.49. The van der Waals surface area contributed by atoms with Crippen LogP contribution in [-0.4, -0.2) is 29.1 Å². The third kappa shape index (κ3) is 2.58. The second-order valence-electron chi connectivity index (χ2n) is 5.42. The summed E-state index contributed by atoms with van der Waals surface area (Å²) in [4.78, 5) is 13.2. The van der Waals surface area contributed by atoms with Gasteiger partial charge < -0.3 is 9.52 Å². The first-order valence-electron chi connectivity index (χ1n) is 6.56. The van der Waals surface area contributed by atoms with Gasteiger partial charge in [-0.25, -0.2) is 4.79 Å². The number of hydrogen-bond acceptors (Lipinski definition) is 3. The van der Waals surface area contributed by atoms with Gasteiger partial charge in [0, 0.05) is 6.54 Å². The highest BCUT2D eigenvalue weighted by molar-refractivity contribution is 5.84. The minimum atomic E-state index is -1.01. The van der Waals surface area contributed by atoms with Crippen LogP contribution in [0.4, 0.5) is 0 Å². The number of hydrogen-bond donors (Lipinski definition) is 1. The molecule has 0 amide bonds. The van der Waals surface area contributed by atoms with Gasteiger partial charge in [-0.3, -0.25) is 4.90 Å². The van der Waals surface area contributed by atoms with Crippen molar-refractivity contribution in [3.05, 3.63) is 23.7 Å². The van der Waals surface area contributed by atoms with Gasteiger partial charge in [0.15, 0.2) is 0 Å². The Morgan fingerprint density at radius 3 is 2.72 bits per heavy atom. The molecule has 18 heavy (non-hydrogen) atoms. The van der Waals surface area contributed by atoms with Gasteiger partial charge in [0.25, 0.3) is 0 Å². The van der Waals surface area contributed by atoms with E-state index in [1.165, 1.54) is 12.5 Å². The van der Waals surface area contributed by atoms with E-state index >= 15 is 0 Å². The Bertz CT molecular complexity index is 426. The lowest BCUT2D eigenvalue weighted by molar-refractivity contribution is 0.0645. The van der Waals surface area contributed by atoms with Crippen LogP contribution < -0.4 is 0 Å². The van der Waals surface area contributed by atoms with Gasteiger partial charge >= 0.3 is 5.97 Å². The fraction of sp³-hybridized carbons (Fsp3) is 0.643. The van der Waals surface area contributed by atoms with Gasteiger partial charge in [0.05, 0.1) is 6.04 Å². The molecule has 0 radical (unpaired) electrons. The van der Waals surface area contributed by atoms with Crippen LogP contribution in [0, 0.1) is 11.8 Å². The number of piperidine rings is 1. The number of aromatic carboxylic acids is 1. The summed E-state index contributed by atoms with van der Waals surface area (Å²) in [5.41, 5.74) is 0. The van der Waals surface area contributed by atoms with E-state index < -0.39 is 5.97 Å². The van der Waals surface area contributed by atoms with Crippen LogP contribution in [-0.2, 0) is 0 Å². The predicted octanol–water partition coefficient (Wildman–Crippen LogP) is 3.02. The minimum Gasteiger partial charge on any atom is -0.475 e. The molecular formula is C14H21NO3. The number of likely N-dealkylation sites (tertiary alicyclic amines) is 1. The minimum absolute atomic E-state index is 0.0234. The summed E-state index contributed by atoms with van der Waals surface area (Å²) in [6.45, 7) is 8.74. The van der Waals surface area contributed by atoms with Crippen molar-refractivity contribution < 1.29 is 14.3 Å². The first kappa shape index (κ1) is 13.1. The lowest BCUT2D eigenvalue weighted by Crippen LogP contribution is -2.39. The summed E-state index contributed by atoms with van der Waals surface area (Å²) in [5.74, 6) is 1.20. The molecule has 2 rings (SSSR count). The smallest absolute Gasteiger partial charge is 0.371 e. The van der Waals surface area contributed by atoms with Gasteiger partial charge in [-0.1, -0.05) is 13.8 Å². The summed E-state index contributed by atoms with van der Waals surface area (Å²) in [5, 5.41) is 8.86. The van der Waals surface area contributed by atoms with E-state index in [4.69, 9.17) is 9.52 Å². The van der Waals surface area contributed by atoms with Crippen molar-refractivity contribution in [3.63, 3.8) is 0 Å². The molecule has 4 heteroatoms. The molecule has 3 atom stereocenters. The molecule has 1 aliphatic rings. The standard InChI is InChI=1S/C14H21NO3/c1-9-6-7-15(8-10(9)2)11(3)12-4-5-13(18-12)14(16)17/h4-5,9-11H,6-8H2,1-3H3,(H,16,17). The van der Waals surface area contributed by atoms with Crippen molar-refractivity contribution in [2.45, 2.75) is 33.2 Å². The average Bonchev–Trinajstić information content (AvgIpc) is 2.81. The van der Waals surface area contributed by atoms with E-state index in [1.54, 1.807) is 6.07 Å². The van der Waals surface area contributed by atoms with E-state index in [0.717, 1.165) is 24.8 Å². The van der Waals surface area contributed by atoms with Crippen molar-refractivity contribution in [2.24, 2.45) is 11.8 Å². The van der Waals surface area contributed by atoms with Crippen molar-refractivity contribution in [1.29, 1.82) is 0 Å². The molecule has 0 aromatic carbocycles. The molecule has 1 fully saturated rings. The van der Waals surface area contributed by atoms with E-state index in [9.17, 15) is 4.79 Å². The molecule has 1 N–H and O–H groups in total. The molecule has 2 heterocycles. The third-order valence-corrected chi connectivity index (χ3v) is 4.16. The summed E-state index contributed by atoms with van der Waals surface area (Å²) in [6.07, 6.45) is 1.19. The molecule has 4 nitrogen and oxygen atoms in total. The van der Waals surface area contributed by atoms with Crippen LogP contribution in [0.25, 0.3) is 0 Å². The molecule has 1 aromatic rings. The summed E-state index contributed by atoms with van der Waals surface area (Å²) in [6, 6.07) is 3.45. The molecule has 1 aliphatic heterocycles. The maximum Gasteiger partial charge on any atom is 0.371 e. The van der Waals surface area contributed by atoms with Crippen molar-refractivity contribution in [1.82, 2.24) is 4.90 Å². The zero-order chi connectivity index (χ0) is 13.3. The summed E-state index contributed by atoms with van der Waals surface area (Å²) < 4.78 is 5.38. The lowest BCUT2D eigenvalue weighted by Gasteiger charge is -2.38. The Balaban J connectivity index is 2.06. The average molecular weight is 251 g/mol. The SMILES string of the molecule is CC1CCN(C(C)c2ccc(C(=O)O)o2)CC1C. The molecule has 0 saturated carbocycles. The Morgan fingerprint density at radius 1 is 1.44 bits per heavy atom. The Hall–Kier alpha value is -1.29. The number of rotatable bonds is 3. The normalized spacial score (nSPS) is 27.1. The van der Waals surface area contributed by atoms with Gasteiger partial charge in [-0.05, 0) is 43.9 Å². The lowest BCUT2D eigenvalue weighted by atomic mass is 9.88. The zero-order valence-electron chi connectivity index (χ0n) is 11.2. The zero-order valence-corrected chi connectivity index (χ0v) is 11.2. The van der Waals surface area contributed by atoms with E-state index in [-0.39, 0.29) is 11.8 Å². The van der Waals surface area contributed by atoms with Crippen LogP contribution in [0.15, 0.2) is 16.5 Å². The number of nitrogens with zero attached hydrogens (tertiary/aromatic N) is 1. The fourth-order valence-electron chi connectivity index (χ4n) is 2.52. The summed E-state index contributed by atoms with van der Waals surface area (Å²) in [7, 11) is 0. The third-order valence-electron chi connectivity index (χ3n) is 4.16. The first-order valence-corrected chi connectivity index (χ1v) is 6.56. The van der Waals surface area contributed by atoms with Crippen LogP contribution in [0.3, 0.4) is 0 Å². The predicted molar refractivity (Wildman–Crippen MR) is 68.6 cm³/mol. The quantitative estimate of drug-likeness (QED) is 0.897. The molecule has 1 aromatic heterocycles. The monoisotopic (exact) mass is 251 g/mol. The highest BCUT2D eigenvalue weighted by Crippen LogP contribution is 2.30.